The van der Waals surface area contributed by atoms with Gasteiger partial charge in [-0.3, -0.25) is 10.1 Å². The van der Waals surface area contributed by atoms with E-state index in [1.807, 2.05) is 0 Å². The van der Waals surface area contributed by atoms with Gasteiger partial charge in [0.05, 0.1) is 12.1 Å². The highest BCUT2D eigenvalue weighted by Crippen LogP contribution is 2.28. The van der Waals surface area contributed by atoms with Gasteiger partial charge in [-0.2, -0.15) is 0 Å². The molecule has 0 aromatic rings. The molecule has 1 fully saturated rings. The second kappa shape index (κ2) is 4.29. The van der Waals surface area contributed by atoms with Crippen LogP contribution in [-0.4, -0.2) is 18.0 Å². The Morgan fingerprint density at radius 1 is 1.54 bits per heavy atom. The standard InChI is InChI=1S/C10H16N2O/c1-2-3-8-12-10(9(11)13)6-4-5-7-10/h12H,4-8H2,1H3,(H2,11,13). The molecular formula is C10H16N2O. The van der Waals surface area contributed by atoms with Crippen LogP contribution in [0.4, 0.5) is 0 Å². The molecule has 3 N–H and O–H groups in total. The van der Waals surface area contributed by atoms with E-state index in [1.54, 1.807) is 6.92 Å². The molecule has 0 heterocycles. The summed E-state index contributed by atoms with van der Waals surface area (Å²) in [6.07, 6.45) is 3.87. The molecule has 0 aromatic carbocycles. The molecule has 3 nitrogen and oxygen atoms in total. The summed E-state index contributed by atoms with van der Waals surface area (Å²) in [7, 11) is 0. The van der Waals surface area contributed by atoms with Gasteiger partial charge < -0.3 is 5.73 Å². The lowest BCUT2D eigenvalue weighted by Crippen LogP contribution is -2.53. The van der Waals surface area contributed by atoms with Crippen LogP contribution >= 0.6 is 0 Å². The summed E-state index contributed by atoms with van der Waals surface area (Å²) < 4.78 is 0. The molecule has 1 rings (SSSR count). The normalized spacial score (nSPS) is 19.2. The molecule has 72 valence electrons. The van der Waals surface area contributed by atoms with Gasteiger partial charge in [-0.15, -0.1) is 5.92 Å². The van der Waals surface area contributed by atoms with Crippen molar-refractivity contribution >= 4 is 5.91 Å². The molecule has 0 radical (unpaired) electrons. The van der Waals surface area contributed by atoms with E-state index in [4.69, 9.17) is 5.73 Å². The third-order valence-electron chi connectivity index (χ3n) is 2.62. The molecule has 0 spiro atoms. The number of amides is 1. The van der Waals surface area contributed by atoms with Gasteiger partial charge in [0.15, 0.2) is 0 Å². The van der Waals surface area contributed by atoms with Crippen LogP contribution in [0.5, 0.6) is 0 Å². The number of primary amides is 1. The Labute approximate surface area is 79.1 Å². The van der Waals surface area contributed by atoms with Crippen molar-refractivity contribution in [1.29, 1.82) is 0 Å². The minimum atomic E-state index is -0.468. The molecule has 1 aliphatic rings. The zero-order valence-electron chi connectivity index (χ0n) is 8.02. The lowest BCUT2D eigenvalue weighted by molar-refractivity contribution is -0.124. The number of rotatable bonds is 3. The van der Waals surface area contributed by atoms with Crippen molar-refractivity contribution in [3.05, 3.63) is 0 Å². The van der Waals surface area contributed by atoms with Gasteiger partial charge in [0, 0.05) is 0 Å². The summed E-state index contributed by atoms with van der Waals surface area (Å²) in [5.41, 5.74) is 4.90. The fourth-order valence-corrected chi connectivity index (χ4v) is 1.79. The molecule has 1 aliphatic carbocycles. The fourth-order valence-electron chi connectivity index (χ4n) is 1.79. The summed E-state index contributed by atoms with van der Waals surface area (Å²) in [5, 5.41) is 3.15. The lowest BCUT2D eigenvalue weighted by atomic mass is 9.97. The van der Waals surface area contributed by atoms with Crippen LogP contribution in [0.3, 0.4) is 0 Å². The van der Waals surface area contributed by atoms with Crippen molar-refractivity contribution in [2.45, 2.75) is 38.1 Å². The smallest absolute Gasteiger partial charge is 0.237 e. The second-order valence-corrected chi connectivity index (χ2v) is 3.43. The highest BCUT2D eigenvalue weighted by molar-refractivity contribution is 5.85. The van der Waals surface area contributed by atoms with Crippen LogP contribution in [0.15, 0.2) is 0 Å². The maximum atomic E-state index is 11.2. The molecule has 0 saturated heterocycles. The first kappa shape index (κ1) is 10.1. The zero-order chi connectivity index (χ0) is 9.73. The monoisotopic (exact) mass is 180 g/mol. The third-order valence-corrected chi connectivity index (χ3v) is 2.62. The Balaban J connectivity index is 2.55. The van der Waals surface area contributed by atoms with Crippen LogP contribution in [0.2, 0.25) is 0 Å². The zero-order valence-corrected chi connectivity index (χ0v) is 8.02. The number of nitrogens with one attached hydrogen (secondary N) is 1. The third kappa shape index (κ3) is 2.22. The number of carbonyl (C=O) groups is 1. The largest absolute Gasteiger partial charge is 0.368 e. The van der Waals surface area contributed by atoms with Gasteiger partial charge in [-0.05, 0) is 19.8 Å². The minimum Gasteiger partial charge on any atom is -0.368 e. The second-order valence-electron chi connectivity index (χ2n) is 3.43. The SMILES string of the molecule is CC#CCNC1(C(N)=O)CCCC1. The maximum Gasteiger partial charge on any atom is 0.237 e. The van der Waals surface area contributed by atoms with Crippen LogP contribution in [0.25, 0.3) is 0 Å². The average Bonchev–Trinajstić information content (AvgIpc) is 2.55. The summed E-state index contributed by atoms with van der Waals surface area (Å²) in [6, 6.07) is 0. The molecule has 0 aromatic heterocycles. The van der Waals surface area contributed by atoms with Crippen LogP contribution < -0.4 is 11.1 Å². The van der Waals surface area contributed by atoms with Crippen LogP contribution in [0.1, 0.15) is 32.6 Å². The number of carbonyl (C=O) groups excluding carboxylic acids is 1. The van der Waals surface area contributed by atoms with E-state index in [0.29, 0.717) is 6.54 Å². The Kier molecular flexibility index (Phi) is 3.32. The van der Waals surface area contributed by atoms with E-state index >= 15 is 0 Å². The van der Waals surface area contributed by atoms with Crippen molar-refractivity contribution < 1.29 is 4.79 Å². The van der Waals surface area contributed by atoms with E-state index in [-0.39, 0.29) is 5.91 Å². The molecule has 0 unspecified atom stereocenters. The Morgan fingerprint density at radius 2 is 2.15 bits per heavy atom. The summed E-state index contributed by atoms with van der Waals surface area (Å²) >= 11 is 0. The molecule has 3 heteroatoms. The minimum absolute atomic E-state index is 0.233. The molecule has 1 amide bonds. The summed E-state index contributed by atoms with van der Waals surface area (Å²) in [5.74, 6) is 5.44. The maximum absolute atomic E-state index is 11.2. The van der Waals surface area contributed by atoms with Gasteiger partial charge in [0.25, 0.3) is 0 Å². The van der Waals surface area contributed by atoms with Gasteiger partial charge in [0.2, 0.25) is 5.91 Å². The van der Waals surface area contributed by atoms with Gasteiger partial charge >= 0.3 is 0 Å². The Bertz CT molecular complexity index is 243. The quantitative estimate of drug-likeness (QED) is 0.618. The fraction of sp³-hybridized carbons (Fsp3) is 0.700. The van der Waals surface area contributed by atoms with Gasteiger partial charge in [0.1, 0.15) is 0 Å². The number of hydrogen-bond donors (Lipinski definition) is 2. The van der Waals surface area contributed by atoms with Gasteiger partial charge in [-0.1, -0.05) is 18.8 Å². The van der Waals surface area contributed by atoms with E-state index in [1.165, 1.54) is 0 Å². The van der Waals surface area contributed by atoms with Crippen LogP contribution in [0, 0.1) is 11.8 Å². The topological polar surface area (TPSA) is 55.1 Å². The average molecular weight is 180 g/mol. The van der Waals surface area contributed by atoms with E-state index in [9.17, 15) is 4.79 Å². The first-order chi connectivity index (χ1) is 6.21. The van der Waals surface area contributed by atoms with Gasteiger partial charge in [-0.25, -0.2) is 0 Å². The van der Waals surface area contributed by atoms with Crippen molar-refractivity contribution in [3.8, 4) is 11.8 Å². The highest BCUT2D eigenvalue weighted by Gasteiger charge is 2.38. The van der Waals surface area contributed by atoms with E-state index < -0.39 is 5.54 Å². The molecular weight excluding hydrogens is 164 g/mol. The van der Waals surface area contributed by atoms with Crippen molar-refractivity contribution in [2.75, 3.05) is 6.54 Å². The van der Waals surface area contributed by atoms with Crippen LogP contribution in [-0.2, 0) is 4.79 Å². The lowest BCUT2D eigenvalue weighted by Gasteiger charge is -2.25. The molecule has 0 atom stereocenters. The summed E-state index contributed by atoms with van der Waals surface area (Å²) in [6.45, 7) is 2.34. The molecule has 1 saturated carbocycles. The Hall–Kier alpha value is -1.01. The molecule has 0 aliphatic heterocycles. The van der Waals surface area contributed by atoms with Crippen molar-refractivity contribution in [2.24, 2.45) is 5.73 Å². The van der Waals surface area contributed by atoms with E-state index in [0.717, 1.165) is 25.7 Å². The highest BCUT2D eigenvalue weighted by atomic mass is 16.1. The van der Waals surface area contributed by atoms with Crippen molar-refractivity contribution in [1.82, 2.24) is 5.32 Å². The van der Waals surface area contributed by atoms with E-state index in [2.05, 4.69) is 17.2 Å². The summed E-state index contributed by atoms with van der Waals surface area (Å²) in [4.78, 5) is 11.2. The predicted octanol–water partition coefficient (Wildman–Crippen LogP) is 0.397. The predicted molar refractivity (Wildman–Crippen MR) is 51.8 cm³/mol. The first-order valence-electron chi connectivity index (χ1n) is 4.66. The first-order valence-corrected chi connectivity index (χ1v) is 4.66. The number of hydrogen-bond acceptors (Lipinski definition) is 2. The molecule has 0 bridgehead atoms. The molecule has 13 heavy (non-hydrogen) atoms. The number of nitrogens with two attached hydrogens (primary N) is 1. The Morgan fingerprint density at radius 3 is 2.62 bits per heavy atom. The van der Waals surface area contributed by atoms with Crippen molar-refractivity contribution in [3.63, 3.8) is 0 Å².